The summed E-state index contributed by atoms with van der Waals surface area (Å²) in [6, 6.07) is 3.70. The predicted molar refractivity (Wildman–Crippen MR) is 74.2 cm³/mol. The number of halogens is 1. The zero-order valence-electron chi connectivity index (χ0n) is 11.3. The topological polar surface area (TPSA) is 40.6 Å². The van der Waals surface area contributed by atoms with Gasteiger partial charge in [0.25, 0.3) is 0 Å². The van der Waals surface area contributed by atoms with Crippen molar-refractivity contribution in [3.8, 4) is 5.75 Å². The lowest BCUT2D eigenvalue weighted by Crippen LogP contribution is -2.41. The van der Waals surface area contributed by atoms with Crippen LogP contribution < -0.4 is 10.3 Å². The van der Waals surface area contributed by atoms with Crippen LogP contribution in [0.2, 0.25) is 0 Å². The fourth-order valence-electron chi connectivity index (χ4n) is 1.68. The Morgan fingerprint density at radius 2 is 1.72 bits per heavy atom. The summed E-state index contributed by atoms with van der Waals surface area (Å²) in [7, 11) is 1.16. The molecule has 0 unspecified atom stereocenters. The second-order valence-corrected chi connectivity index (χ2v) is 6.07. The minimum Gasteiger partial charge on any atom is -0.494 e. The van der Waals surface area contributed by atoms with Crippen molar-refractivity contribution in [3.05, 3.63) is 16.7 Å². The highest BCUT2D eigenvalue weighted by molar-refractivity contribution is 9.10. The lowest BCUT2D eigenvalue weighted by molar-refractivity contribution is 0.00578. The first-order chi connectivity index (χ1) is 8.27. The fourth-order valence-corrected chi connectivity index (χ4v) is 2.18. The molecule has 1 saturated heterocycles. The van der Waals surface area contributed by atoms with Gasteiger partial charge in [0, 0.05) is 0 Å². The molecule has 98 valence electrons. The van der Waals surface area contributed by atoms with Gasteiger partial charge in [0.1, 0.15) is 4.60 Å². The standard InChI is InChI=1S/C12H17BBrNO3/c1-11(2)12(3,4)18-13(17-11)9-7-6-8(16-5)10(14)15-9/h6-7H,1-5H3. The summed E-state index contributed by atoms with van der Waals surface area (Å²) in [5.74, 6) is 0.690. The summed E-state index contributed by atoms with van der Waals surface area (Å²) < 4.78 is 17.7. The number of hydrogen-bond acceptors (Lipinski definition) is 4. The zero-order chi connectivity index (χ0) is 13.6. The zero-order valence-corrected chi connectivity index (χ0v) is 12.9. The van der Waals surface area contributed by atoms with Crippen molar-refractivity contribution in [1.82, 2.24) is 4.98 Å². The minimum absolute atomic E-state index is 0.355. The van der Waals surface area contributed by atoms with Crippen molar-refractivity contribution in [2.45, 2.75) is 38.9 Å². The van der Waals surface area contributed by atoms with Gasteiger partial charge in [-0.05, 0) is 55.8 Å². The van der Waals surface area contributed by atoms with Gasteiger partial charge < -0.3 is 14.0 Å². The molecule has 0 radical (unpaired) electrons. The highest BCUT2D eigenvalue weighted by Crippen LogP contribution is 2.36. The van der Waals surface area contributed by atoms with E-state index in [0.717, 1.165) is 5.59 Å². The molecule has 1 aliphatic rings. The smallest absolute Gasteiger partial charge is 0.494 e. The van der Waals surface area contributed by atoms with E-state index in [2.05, 4.69) is 20.9 Å². The van der Waals surface area contributed by atoms with Crippen molar-refractivity contribution < 1.29 is 14.0 Å². The molecule has 1 fully saturated rings. The van der Waals surface area contributed by atoms with Gasteiger partial charge in [0.05, 0.1) is 23.9 Å². The van der Waals surface area contributed by atoms with Crippen molar-refractivity contribution in [2.75, 3.05) is 7.11 Å². The molecule has 0 aliphatic carbocycles. The minimum atomic E-state index is -0.447. The number of pyridine rings is 1. The Balaban J connectivity index is 2.27. The summed E-state index contributed by atoms with van der Waals surface area (Å²) in [5, 5.41) is 0. The van der Waals surface area contributed by atoms with E-state index < -0.39 is 7.12 Å². The Bertz CT molecular complexity index is 449. The first kappa shape index (κ1) is 13.8. The van der Waals surface area contributed by atoms with E-state index in [9.17, 15) is 0 Å². The van der Waals surface area contributed by atoms with Gasteiger partial charge in [0.15, 0.2) is 5.75 Å². The lowest BCUT2D eigenvalue weighted by Gasteiger charge is -2.32. The van der Waals surface area contributed by atoms with Crippen LogP contribution in [0.15, 0.2) is 16.7 Å². The van der Waals surface area contributed by atoms with Crippen molar-refractivity contribution >= 4 is 28.6 Å². The Morgan fingerprint density at radius 1 is 1.17 bits per heavy atom. The molecule has 2 rings (SSSR count). The quantitative estimate of drug-likeness (QED) is 0.619. The van der Waals surface area contributed by atoms with Gasteiger partial charge in [-0.15, -0.1) is 0 Å². The second kappa shape index (κ2) is 4.51. The third-order valence-corrected chi connectivity index (χ3v) is 4.12. The molecule has 18 heavy (non-hydrogen) atoms. The van der Waals surface area contributed by atoms with E-state index in [-0.39, 0.29) is 11.2 Å². The molecule has 0 saturated carbocycles. The monoisotopic (exact) mass is 313 g/mol. The average Bonchev–Trinajstić information content (AvgIpc) is 2.48. The maximum Gasteiger partial charge on any atom is 0.514 e. The van der Waals surface area contributed by atoms with E-state index in [0.29, 0.717) is 10.4 Å². The van der Waals surface area contributed by atoms with Gasteiger partial charge in [-0.25, -0.2) is 4.98 Å². The molecule has 1 aliphatic heterocycles. The third kappa shape index (κ3) is 2.29. The highest BCUT2D eigenvalue weighted by atomic mass is 79.9. The van der Waals surface area contributed by atoms with Gasteiger partial charge in [-0.3, -0.25) is 0 Å². The second-order valence-electron chi connectivity index (χ2n) is 5.32. The van der Waals surface area contributed by atoms with Crippen LogP contribution in [-0.4, -0.2) is 30.4 Å². The number of methoxy groups -OCH3 is 1. The van der Waals surface area contributed by atoms with Crippen LogP contribution in [0.5, 0.6) is 5.75 Å². The predicted octanol–water partition coefficient (Wildman–Crippen LogP) is 2.15. The van der Waals surface area contributed by atoms with Crippen LogP contribution in [-0.2, 0) is 9.31 Å². The molecular weight excluding hydrogens is 297 g/mol. The molecule has 0 atom stereocenters. The van der Waals surface area contributed by atoms with Crippen LogP contribution in [0.1, 0.15) is 27.7 Å². The molecule has 2 heterocycles. The third-order valence-electron chi connectivity index (χ3n) is 3.55. The molecule has 6 heteroatoms. The molecule has 1 aromatic heterocycles. The molecule has 4 nitrogen and oxygen atoms in total. The summed E-state index contributed by atoms with van der Waals surface area (Å²) >= 11 is 3.36. The van der Waals surface area contributed by atoms with Crippen molar-refractivity contribution in [1.29, 1.82) is 0 Å². The van der Waals surface area contributed by atoms with Crippen LogP contribution in [0.4, 0.5) is 0 Å². The molecule has 1 aromatic rings. The molecule has 0 spiro atoms. The van der Waals surface area contributed by atoms with E-state index in [1.54, 1.807) is 7.11 Å². The van der Waals surface area contributed by atoms with Gasteiger partial charge in [0.2, 0.25) is 0 Å². The Labute approximate surface area is 116 Å². The number of hydrogen-bond donors (Lipinski definition) is 0. The SMILES string of the molecule is COc1ccc(B2OC(C)(C)C(C)(C)O2)nc1Br. The molecular formula is C12H17BBrNO3. The number of nitrogens with zero attached hydrogens (tertiary/aromatic N) is 1. The Hall–Kier alpha value is -0.585. The van der Waals surface area contributed by atoms with Crippen molar-refractivity contribution in [2.24, 2.45) is 0 Å². The highest BCUT2D eigenvalue weighted by Gasteiger charge is 2.52. The number of aromatic nitrogens is 1. The van der Waals surface area contributed by atoms with Crippen LogP contribution in [0.25, 0.3) is 0 Å². The first-order valence-electron chi connectivity index (χ1n) is 5.83. The normalized spacial score (nSPS) is 21.1. The largest absolute Gasteiger partial charge is 0.514 e. The number of ether oxygens (including phenoxy) is 1. The van der Waals surface area contributed by atoms with E-state index in [4.69, 9.17) is 14.0 Å². The van der Waals surface area contributed by atoms with Crippen LogP contribution >= 0.6 is 15.9 Å². The molecule has 0 bridgehead atoms. The average molecular weight is 314 g/mol. The first-order valence-corrected chi connectivity index (χ1v) is 6.62. The molecule has 0 aromatic carbocycles. The Morgan fingerprint density at radius 3 is 2.17 bits per heavy atom. The van der Waals surface area contributed by atoms with E-state index in [1.165, 1.54) is 0 Å². The number of rotatable bonds is 2. The fraction of sp³-hybridized carbons (Fsp3) is 0.583. The van der Waals surface area contributed by atoms with Crippen LogP contribution in [0, 0.1) is 0 Å². The van der Waals surface area contributed by atoms with Gasteiger partial charge >= 0.3 is 7.12 Å². The maximum absolute atomic E-state index is 5.93. The summed E-state index contributed by atoms with van der Waals surface area (Å²) in [5.41, 5.74) is 0.0265. The summed E-state index contributed by atoms with van der Waals surface area (Å²) in [6.45, 7) is 8.08. The van der Waals surface area contributed by atoms with Crippen LogP contribution in [0.3, 0.4) is 0 Å². The van der Waals surface area contributed by atoms with Gasteiger partial charge in [-0.1, -0.05) is 0 Å². The Kier molecular flexibility index (Phi) is 3.47. The van der Waals surface area contributed by atoms with Gasteiger partial charge in [-0.2, -0.15) is 0 Å². The molecule has 0 amide bonds. The van der Waals surface area contributed by atoms with Crippen molar-refractivity contribution in [3.63, 3.8) is 0 Å². The van der Waals surface area contributed by atoms with E-state index >= 15 is 0 Å². The van der Waals surface area contributed by atoms with E-state index in [1.807, 2.05) is 39.8 Å². The summed E-state index contributed by atoms with van der Waals surface area (Å²) in [4.78, 5) is 4.40. The molecule has 0 N–H and O–H groups in total. The maximum atomic E-state index is 5.93. The summed E-state index contributed by atoms with van der Waals surface area (Å²) in [6.07, 6.45) is 0. The lowest BCUT2D eigenvalue weighted by atomic mass is 9.84.